The van der Waals surface area contributed by atoms with Crippen molar-refractivity contribution >= 4 is 62.3 Å². The minimum absolute atomic E-state index is 0.163. The molecule has 114 valence electrons. The highest BCUT2D eigenvalue weighted by Gasteiger charge is 2.18. The second-order valence-corrected chi connectivity index (χ2v) is 6.95. The molecule has 1 N–H and O–H groups in total. The van der Waals surface area contributed by atoms with Gasteiger partial charge in [0.2, 0.25) is 0 Å². The van der Waals surface area contributed by atoms with Crippen LogP contribution in [-0.4, -0.2) is 14.6 Å². The zero-order chi connectivity index (χ0) is 16.1. The van der Waals surface area contributed by atoms with Gasteiger partial charge in [-0.15, -0.1) is 0 Å². The number of nitrogens with one attached hydrogen (secondary N) is 1. The van der Waals surface area contributed by atoms with Gasteiger partial charge in [-0.05, 0) is 52.9 Å². The van der Waals surface area contributed by atoms with E-state index in [0.29, 0.717) is 26.8 Å². The van der Waals surface area contributed by atoms with Crippen LogP contribution in [0.4, 0.5) is 0 Å². The normalized spacial score (nSPS) is 11.4. The fourth-order valence-corrected chi connectivity index (χ4v) is 3.79. The summed E-state index contributed by atoms with van der Waals surface area (Å²) in [6, 6.07) is 12.6. The maximum atomic E-state index is 12.6. The molecule has 4 rings (SSSR count). The Labute approximate surface area is 154 Å². The molecule has 0 unspecified atom stereocenters. The van der Waals surface area contributed by atoms with Gasteiger partial charge in [-0.3, -0.25) is 4.79 Å². The number of hydrogen-bond acceptors (Lipinski definition) is 2. The SMILES string of the molecule is O=c1c2ccccc2[nH]c2c(I)c(-c3ccc(Cl)cc3Cl)nn12. The van der Waals surface area contributed by atoms with Gasteiger partial charge in [0.1, 0.15) is 5.69 Å². The Morgan fingerprint density at radius 1 is 1.13 bits per heavy atom. The van der Waals surface area contributed by atoms with Crippen LogP contribution in [0.3, 0.4) is 0 Å². The first-order valence-electron chi connectivity index (χ1n) is 6.71. The average molecular weight is 456 g/mol. The number of halogens is 3. The number of rotatable bonds is 1. The van der Waals surface area contributed by atoms with Crippen molar-refractivity contribution in [3.8, 4) is 11.3 Å². The molecule has 0 bridgehead atoms. The van der Waals surface area contributed by atoms with Crippen LogP contribution in [-0.2, 0) is 0 Å². The molecule has 0 radical (unpaired) electrons. The minimum Gasteiger partial charge on any atom is -0.338 e. The maximum absolute atomic E-state index is 12.6. The standard InChI is InChI=1S/C16H8Cl2IN3O/c17-8-5-6-9(11(18)7-8)14-13(19)15-20-12-4-2-1-3-10(12)16(23)22(15)21-14/h1-7,20H. The highest BCUT2D eigenvalue weighted by Crippen LogP contribution is 2.33. The van der Waals surface area contributed by atoms with Gasteiger partial charge in [-0.25, -0.2) is 0 Å². The Bertz CT molecular complexity index is 1130. The number of benzene rings is 2. The monoisotopic (exact) mass is 455 g/mol. The lowest BCUT2D eigenvalue weighted by atomic mass is 10.1. The van der Waals surface area contributed by atoms with E-state index in [-0.39, 0.29) is 5.56 Å². The van der Waals surface area contributed by atoms with Crippen molar-refractivity contribution in [3.05, 3.63) is 66.4 Å². The van der Waals surface area contributed by atoms with Gasteiger partial charge < -0.3 is 4.98 Å². The second-order valence-electron chi connectivity index (χ2n) is 5.02. The fourth-order valence-electron chi connectivity index (χ4n) is 2.53. The Morgan fingerprint density at radius 3 is 2.70 bits per heavy atom. The zero-order valence-electron chi connectivity index (χ0n) is 11.5. The van der Waals surface area contributed by atoms with Gasteiger partial charge in [-0.2, -0.15) is 9.61 Å². The number of H-pyrrole nitrogens is 1. The summed E-state index contributed by atoms with van der Waals surface area (Å²) >= 11 is 14.4. The van der Waals surface area contributed by atoms with E-state index in [2.05, 4.69) is 32.7 Å². The third kappa shape index (κ3) is 2.34. The van der Waals surface area contributed by atoms with E-state index in [9.17, 15) is 4.79 Å². The molecule has 0 saturated heterocycles. The molecule has 0 fully saturated rings. The molecule has 0 saturated carbocycles. The number of fused-ring (bicyclic) bond motifs is 2. The molecule has 0 atom stereocenters. The molecule has 0 aliphatic carbocycles. The number of hydrogen-bond donors (Lipinski definition) is 1. The number of aromatic nitrogens is 3. The molecule has 2 aromatic heterocycles. The van der Waals surface area contributed by atoms with E-state index in [1.807, 2.05) is 18.2 Å². The molecule has 2 aromatic carbocycles. The van der Waals surface area contributed by atoms with Crippen molar-refractivity contribution in [2.45, 2.75) is 0 Å². The minimum atomic E-state index is -0.163. The van der Waals surface area contributed by atoms with Crippen molar-refractivity contribution in [2.24, 2.45) is 0 Å². The first-order valence-corrected chi connectivity index (χ1v) is 8.54. The number of nitrogens with zero attached hydrogens (tertiary/aromatic N) is 2. The van der Waals surface area contributed by atoms with Crippen LogP contribution >= 0.6 is 45.8 Å². The Kier molecular flexibility index (Phi) is 3.59. The summed E-state index contributed by atoms with van der Waals surface area (Å²) < 4.78 is 2.21. The average Bonchev–Trinajstić information content (AvgIpc) is 2.85. The van der Waals surface area contributed by atoms with Gasteiger partial charge in [0, 0.05) is 10.6 Å². The zero-order valence-corrected chi connectivity index (χ0v) is 15.1. The molecule has 0 aliphatic heterocycles. The molecule has 23 heavy (non-hydrogen) atoms. The van der Waals surface area contributed by atoms with Crippen LogP contribution in [0.2, 0.25) is 10.0 Å². The van der Waals surface area contributed by atoms with Gasteiger partial charge in [0.15, 0.2) is 5.65 Å². The Balaban J connectivity index is 2.10. The lowest BCUT2D eigenvalue weighted by Gasteiger charge is -2.01. The van der Waals surface area contributed by atoms with E-state index >= 15 is 0 Å². The summed E-state index contributed by atoms with van der Waals surface area (Å²) in [4.78, 5) is 15.9. The first-order chi connectivity index (χ1) is 11.1. The predicted molar refractivity (Wildman–Crippen MR) is 101 cm³/mol. The van der Waals surface area contributed by atoms with Crippen molar-refractivity contribution in [2.75, 3.05) is 0 Å². The first kappa shape index (κ1) is 15.0. The highest BCUT2D eigenvalue weighted by atomic mass is 127. The molecule has 4 nitrogen and oxygen atoms in total. The Hall–Kier alpha value is -1.57. The van der Waals surface area contributed by atoms with Gasteiger partial charge in [0.25, 0.3) is 5.56 Å². The molecule has 0 amide bonds. The molecule has 7 heteroatoms. The van der Waals surface area contributed by atoms with Crippen molar-refractivity contribution < 1.29 is 0 Å². The molecule has 2 heterocycles. The summed E-state index contributed by atoms with van der Waals surface area (Å²) in [5.74, 6) is 0. The maximum Gasteiger partial charge on any atom is 0.282 e. The van der Waals surface area contributed by atoms with Crippen LogP contribution < -0.4 is 5.56 Å². The van der Waals surface area contributed by atoms with Crippen LogP contribution in [0.1, 0.15) is 0 Å². The smallest absolute Gasteiger partial charge is 0.282 e. The summed E-state index contributed by atoms with van der Waals surface area (Å²) in [5, 5.41) is 6.10. The lowest BCUT2D eigenvalue weighted by Crippen LogP contribution is -2.15. The lowest BCUT2D eigenvalue weighted by molar-refractivity contribution is 0.919. The van der Waals surface area contributed by atoms with Crippen molar-refractivity contribution in [1.82, 2.24) is 14.6 Å². The van der Waals surface area contributed by atoms with Crippen LogP contribution in [0.15, 0.2) is 47.3 Å². The fraction of sp³-hybridized carbons (Fsp3) is 0. The highest BCUT2D eigenvalue weighted by molar-refractivity contribution is 14.1. The van der Waals surface area contributed by atoms with E-state index < -0.39 is 0 Å². The summed E-state index contributed by atoms with van der Waals surface area (Å²) in [6.45, 7) is 0. The Morgan fingerprint density at radius 2 is 1.91 bits per heavy atom. The topological polar surface area (TPSA) is 50.2 Å². The predicted octanol–water partition coefficient (Wildman–Crippen LogP) is 4.75. The van der Waals surface area contributed by atoms with Gasteiger partial charge in [-0.1, -0.05) is 35.3 Å². The van der Waals surface area contributed by atoms with Crippen LogP contribution in [0.5, 0.6) is 0 Å². The number of para-hydroxylation sites is 1. The van der Waals surface area contributed by atoms with Gasteiger partial charge >= 0.3 is 0 Å². The van der Waals surface area contributed by atoms with Crippen LogP contribution in [0.25, 0.3) is 27.8 Å². The van der Waals surface area contributed by atoms with Gasteiger partial charge in [0.05, 0.1) is 19.5 Å². The molecular formula is C16H8Cl2IN3O. The summed E-state index contributed by atoms with van der Waals surface area (Å²) in [6.07, 6.45) is 0. The number of aromatic amines is 1. The summed E-state index contributed by atoms with van der Waals surface area (Å²) in [5.41, 5.74) is 2.65. The third-order valence-electron chi connectivity index (χ3n) is 3.62. The molecule has 0 aliphatic rings. The molecule has 0 spiro atoms. The van der Waals surface area contributed by atoms with E-state index in [0.717, 1.165) is 14.7 Å². The second kappa shape index (κ2) is 5.51. The third-order valence-corrected chi connectivity index (χ3v) is 5.19. The van der Waals surface area contributed by atoms with E-state index in [4.69, 9.17) is 23.2 Å². The molecule has 4 aromatic rings. The van der Waals surface area contributed by atoms with Crippen molar-refractivity contribution in [3.63, 3.8) is 0 Å². The summed E-state index contributed by atoms with van der Waals surface area (Å²) in [7, 11) is 0. The van der Waals surface area contributed by atoms with Crippen LogP contribution in [0, 0.1) is 3.57 Å². The molecular weight excluding hydrogens is 448 g/mol. The van der Waals surface area contributed by atoms with E-state index in [1.54, 1.807) is 24.3 Å². The quantitative estimate of drug-likeness (QED) is 0.421. The van der Waals surface area contributed by atoms with Crippen molar-refractivity contribution in [1.29, 1.82) is 0 Å². The van der Waals surface area contributed by atoms with E-state index in [1.165, 1.54) is 4.52 Å². The largest absolute Gasteiger partial charge is 0.338 e.